The summed E-state index contributed by atoms with van der Waals surface area (Å²) in [5, 5.41) is 21.6. The van der Waals surface area contributed by atoms with Crippen molar-refractivity contribution in [1.82, 2.24) is 0 Å². The molecule has 0 spiro atoms. The number of carboxylic acids is 1. The number of carbonyl (C=O) groups excluding carboxylic acids is 1. The molecule has 0 fully saturated rings. The van der Waals surface area contributed by atoms with Gasteiger partial charge in [-0.3, -0.25) is 4.79 Å². The van der Waals surface area contributed by atoms with Gasteiger partial charge in [0.2, 0.25) is 0 Å². The molecule has 0 saturated heterocycles. The van der Waals surface area contributed by atoms with Gasteiger partial charge >= 0.3 is 5.97 Å². The highest BCUT2D eigenvalue weighted by atomic mass is 127. The van der Waals surface area contributed by atoms with Gasteiger partial charge in [-0.15, -0.1) is 0 Å². The number of ether oxygens (including phenoxy) is 2. The molecule has 1 amide bonds. The summed E-state index contributed by atoms with van der Waals surface area (Å²) < 4.78 is 12.1. The number of nitrogens with zero attached hydrogens (tertiary/aromatic N) is 1. The first-order chi connectivity index (χ1) is 16.7. The molecule has 0 unspecified atom stereocenters. The van der Waals surface area contributed by atoms with Crippen molar-refractivity contribution in [3.8, 4) is 17.6 Å². The van der Waals surface area contributed by atoms with Crippen molar-refractivity contribution in [2.45, 2.75) is 6.61 Å². The molecule has 0 aliphatic heterocycles. The first kappa shape index (κ1) is 26.3. The monoisotopic (exact) mass is 622 g/mol. The zero-order valence-electron chi connectivity index (χ0n) is 18.1. The number of hydrogen-bond donors (Lipinski definition) is 2. The first-order valence-electron chi connectivity index (χ1n) is 9.93. The molecule has 3 rings (SSSR count). The number of anilines is 1. The van der Waals surface area contributed by atoms with E-state index in [0.29, 0.717) is 20.6 Å². The maximum atomic E-state index is 12.6. The molecule has 0 atom stereocenters. The van der Waals surface area contributed by atoms with Crippen LogP contribution in [0.5, 0.6) is 11.5 Å². The summed E-state index contributed by atoms with van der Waals surface area (Å²) in [6, 6.07) is 16.4. The van der Waals surface area contributed by atoms with Crippen molar-refractivity contribution < 1.29 is 24.2 Å². The third kappa shape index (κ3) is 6.66. The number of benzene rings is 3. The normalized spacial score (nSPS) is 10.9. The van der Waals surface area contributed by atoms with E-state index in [4.69, 9.17) is 37.8 Å². The van der Waals surface area contributed by atoms with Gasteiger partial charge in [0.25, 0.3) is 5.91 Å². The number of methoxy groups -OCH3 is 1. The van der Waals surface area contributed by atoms with E-state index in [1.807, 2.05) is 6.07 Å². The Bertz CT molecular complexity index is 1350. The molecule has 3 aromatic carbocycles. The fraction of sp³-hybridized carbons (Fsp3) is 0.0800. The smallest absolute Gasteiger partial charge is 0.335 e. The van der Waals surface area contributed by atoms with Crippen LogP contribution in [-0.2, 0) is 11.4 Å². The van der Waals surface area contributed by atoms with Gasteiger partial charge in [0.15, 0.2) is 11.5 Å². The molecular formula is C25H17Cl2IN2O5. The van der Waals surface area contributed by atoms with Gasteiger partial charge in [0.1, 0.15) is 18.2 Å². The number of carbonyl (C=O) groups is 2. The van der Waals surface area contributed by atoms with Gasteiger partial charge in [-0.05, 0) is 76.2 Å². The lowest BCUT2D eigenvalue weighted by Crippen LogP contribution is -2.13. The lowest BCUT2D eigenvalue weighted by Gasteiger charge is -2.14. The number of hydrogen-bond acceptors (Lipinski definition) is 5. The maximum absolute atomic E-state index is 12.6. The zero-order valence-corrected chi connectivity index (χ0v) is 21.8. The lowest BCUT2D eigenvalue weighted by molar-refractivity contribution is -0.112. The molecule has 35 heavy (non-hydrogen) atoms. The Morgan fingerprint density at radius 3 is 2.51 bits per heavy atom. The molecule has 0 radical (unpaired) electrons. The second kappa shape index (κ2) is 11.9. The number of rotatable bonds is 8. The van der Waals surface area contributed by atoms with E-state index in [-0.39, 0.29) is 33.5 Å². The topological polar surface area (TPSA) is 109 Å². The van der Waals surface area contributed by atoms with Crippen LogP contribution >= 0.6 is 45.8 Å². The molecule has 0 saturated carbocycles. The van der Waals surface area contributed by atoms with E-state index in [0.717, 1.165) is 5.56 Å². The van der Waals surface area contributed by atoms with E-state index in [1.54, 1.807) is 42.5 Å². The van der Waals surface area contributed by atoms with Gasteiger partial charge in [0, 0.05) is 0 Å². The van der Waals surface area contributed by atoms with Crippen molar-refractivity contribution in [2.75, 3.05) is 12.4 Å². The Kier molecular flexibility index (Phi) is 8.98. The van der Waals surface area contributed by atoms with Crippen molar-refractivity contribution in [3.05, 3.63) is 90.5 Å². The van der Waals surface area contributed by atoms with Gasteiger partial charge in [0.05, 0.1) is 32.0 Å². The SMILES string of the molecule is COc1cc(/C=C(/C#N)C(=O)Nc2cccc(Cl)c2Cl)cc(I)c1OCc1ccc(C(=O)O)cc1. The third-order valence-electron chi connectivity index (χ3n) is 4.71. The summed E-state index contributed by atoms with van der Waals surface area (Å²) in [5.41, 5.74) is 1.66. The summed E-state index contributed by atoms with van der Waals surface area (Å²) >= 11 is 14.2. The van der Waals surface area contributed by atoms with Crippen LogP contribution in [0.4, 0.5) is 5.69 Å². The van der Waals surface area contributed by atoms with E-state index in [2.05, 4.69) is 27.9 Å². The number of aromatic carboxylic acids is 1. The van der Waals surface area contributed by atoms with Crippen LogP contribution < -0.4 is 14.8 Å². The van der Waals surface area contributed by atoms with Gasteiger partial charge in [-0.1, -0.05) is 41.4 Å². The Morgan fingerprint density at radius 1 is 1.17 bits per heavy atom. The van der Waals surface area contributed by atoms with Crippen LogP contribution in [0.2, 0.25) is 10.0 Å². The molecular weight excluding hydrogens is 606 g/mol. The molecule has 3 aromatic rings. The van der Waals surface area contributed by atoms with Gasteiger partial charge in [-0.2, -0.15) is 5.26 Å². The molecule has 10 heteroatoms. The van der Waals surface area contributed by atoms with Crippen LogP contribution in [0.25, 0.3) is 6.08 Å². The molecule has 7 nitrogen and oxygen atoms in total. The number of carboxylic acid groups (broad SMARTS) is 1. The van der Waals surface area contributed by atoms with Crippen molar-refractivity contribution in [1.29, 1.82) is 5.26 Å². The molecule has 0 aromatic heterocycles. The van der Waals surface area contributed by atoms with Gasteiger partial charge < -0.3 is 19.9 Å². The fourth-order valence-corrected chi connectivity index (χ4v) is 4.10. The van der Waals surface area contributed by atoms with Crippen LogP contribution in [0.3, 0.4) is 0 Å². The second-order valence-electron chi connectivity index (χ2n) is 7.05. The molecule has 178 valence electrons. The summed E-state index contributed by atoms with van der Waals surface area (Å²) in [5.74, 6) is -0.767. The molecule has 0 heterocycles. The highest BCUT2D eigenvalue weighted by Crippen LogP contribution is 2.35. The number of nitriles is 1. The Morgan fingerprint density at radius 2 is 1.89 bits per heavy atom. The summed E-state index contributed by atoms with van der Waals surface area (Å²) in [6.07, 6.45) is 1.42. The minimum atomic E-state index is -1.00. The number of nitrogens with one attached hydrogen (secondary N) is 1. The van der Waals surface area contributed by atoms with Crippen LogP contribution in [0.1, 0.15) is 21.5 Å². The quantitative estimate of drug-likeness (QED) is 0.170. The third-order valence-corrected chi connectivity index (χ3v) is 6.33. The second-order valence-corrected chi connectivity index (χ2v) is 9.00. The largest absolute Gasteiger partial charge is 0.493 e. The summed E-state index contributed by atoms with van der Waals surface area (Å²) in [4.78, 5) is 23.6. The first-order valence-corrected chi connectivity index (χ1v) is 11.8. The van der Waals surface area contributed by atoms with E-state index in [1.165, 1.54) is 25.3 Å². The summed E-state index contributed by atoms with van der Waals surface area (Å²) in [6.45, 7) is 0.188. The fourth-order valence-electron chi connectivity index (χ4n) is 2.97. The van der Waals surface area contributed by atoms with E-state index in [9.17, 15) is 14.9 Å². The van der Waals surface area contributed by atoms with Crippen molar-refractivity contribution in [3.63, 3.8) is 0 Å². The highest BCUT2D eigenvalue weighted by molar-refractivity contribution is 14.1. The molecule has 0 aliphatic carbocycles. The molecule has 0 bridgehead atoms. The predicted octanol–water partition coefficient (Wildman–Crippen LogP) is 6.43. The lowest BCUT2D eigenvalue weighted by atomic mass is 10.1. The van der Waals surface area contributed by atoms with Crippen LogP contribution in [-0.4, -0.2) is 24.1 Å². The minimum absolute atomic E-state index is 0.147. The number of amides is 1. The minimum Gasteiger partial charge on any atom is -0.493 e. The highest BCUT2D eigenvalue weighted by Gasteiger charge is 2.16. The maximum Gasteiger partial charge on any atom is 0.335 e. The van der Waals surface area contributed by atoms with Crippen LogP contribution in [0.15, 0.2) is 60.2 Å². The van der Waals surface area contributed by atoms with Gasteiger partial charge in [-0.25, -0.2) is 4.79 Å². The van der Waals surface area contributed by atoms with Crippen LogP contribution in [0, 0.1) is 14.9 Å². The summed E-state index contributed by atoms with van der Waals surface area (Å²) in [7, 11) is 1.48. The standard InChI is InChI=1S/C25H17Cl2IN2O5/c1-34-21-11-15(9-17(12-29)24(31)30-20-4-2-3-18(26)22(20)27)10-19(28)23(21)35-13-14-5-7-16(8-6-14)25(32)33/h2-11H,13H2,1H3,(H,30,31)(H,32,33)/b17-9-. The van der Waals surface area contributed by atoms with E-state index >= 15 is 0 Å². The number of halogens is 3. The van der Waals surface area contributed by atoms with E-state index < -0.39 is 11.9 Å². The molecule has 2 N–H and O–H groups in total. The van der Waals surface area contributed by atoms with Crippen molar-refractivity contribution in [2.24, 2.45) is 0 Å². The zero-order chi connectivity index (χ0) is 25.5. The Hall–Kier alpha value is -3.26. The average molecular weight is 623 g/mol. The Balaban J connectivity index is 1.81. The van der Waals surface area contributed by atoms with Crippen molar-refractivity contribution >= 4 is 69.4 Å². The Labute approximate surface area is 225 Å². The predicted molar refractivity (Wildman–Crippen MR) is 142 cm³/mol. The molecule has 0 aliphatic rings. The average Bonchev–Trinajstić information content (AvgIpc) is 2.84.